The van der Waals surface area contributed by atoms with Crippen LogP contribution in [0.1, 0.15) is 116 Å². The second kappa shape index (κ2) is 27.9. The number of nitrogens with zero attached hydrogens (tertiary/aromatic N) is 9. The Morgan fingerprint density at radius 1 is 0.598 bits per heavy atom. The third-order valence-electron chi connectivity index (χ3n) is 16.3. The highest BCUT2D eigenvalue weighted by atomic mass is 31.2. The molecule has 3 saturated heterocycles. The van der Waals surface area contributed by atoms with Crippen LogP contribution in [0.15, 0.2) is 147 Å². The first-order valence-electron chi connectivity index (χ1n) is 30.2. The number of imidazole rings is 2. The lowest BCUT2D eigenvalue weighted by Crippen LogP contribution is -2.65. The van der Waals surface area contributed by atoms with E-state index < -0.39 is 111 Å². The highest BCUT2D eigenvalue weighted by molar-refractivity contribution is 7.48. The maximum atomic E-state index is 16.2. The maximum absolute atomic E-state index is 16.2. The number of nitriles is 1. The van der Waals surface area contributed by atoms with Gasteiger partial charge >= 0.3 is 36.9 Å². The topological polar surface area (TPSA) is 313 Å². The van der Waals surface area contributed by atoms with Crippen LogP contribution < -0.4 is 10.6 Å². The van der Waals surface area contributed by atoms with Gasteiger partial charge in [-0.05, 0) is 70.7 Å². The fourth-order valence-electron chi connectivity index (χ4n) is 11.7. The highest BCUT2D eigenvalue weighted by Gasteiger charge is 2.63. The van der Waals surface area contributed by atoms with Crippen LogP contribution >= 0.6 is 7.82 Å². The molecule has 7 heterocycles. The molecule has 0 bridgehead atoms. The van der Waals surface area contributed by atoms with Gasteiger partial charge in [-0.1, -0.05) is 128 Å². The molecule has 0 radical (unpaired) electrons. The molecule has 4 aromatic carbocycles. The van der Waals surface area contributed by atoms with E-state index in [-0.39, 0.29) is 80.3 Å². The first-order valence-corrected chi connectivity index (χ1v) is 35.6. The number of nitrogens with one attached hydrogen (secondary N) is 2. The molecule has 8 aromatic rings. The van der Waals surface area contributed by atoms with Crippen molar-refractivity contribution in [3.05, 3.63) is 169 Å². The summed E-state index contributed by atoms with van der Waals surface area (Å²) < 4.78 is 87.5. The monoisotopic (exact) mass is 1310 g/mol. The van der Waals surface area contributed by atoms with Gasteiger partial charge in [0, 0.05) is 11.1 Å². The number of phosphoric acid groups is 1. The van der Waals surface area contributed by atoms with E-state index in [1.54, 1.807) is 114 Å². The predicted octanol–water partition coefficient (Wildman–Crippen LogP) is 10.8. The second-order valence-electron chi connectivity index (χ2n) is 23.4. The normalized spacial score (nSPS) is 22.6. The van der Waals surface area contributed by atoms with E-state index in [1.807, 2.05) is 33.8 Å². The fraction of sp³-hybridized carbons (Fsp3) is 0.381. The Kier molecular flexibility index (Phi) is 19.8. The lowest BCUT2D eigenvalue weighted by atomic mass is 10.1. The number of rotatable bonds is 22. The number of hydrogen-bond acceptors (Lipinski definition) is 22. The molecule has 2 amide bonds. The number of esters is 2. The lowest BCUT2D eigenvalue weighted by Gasteiger charge is -2.51. The van der Waals surface area contributed by atoms with Crippen LogP contribution in [0.3, 0.4) is 0 Å². The molecule has 26 nitrogen and oxygen atoms in total. The van der Waals surface area contributed by atoms with E-state index in [9.17, 15) is 24.4 Å². The third-order valence-corrected chi connectivity index (χ3v) is 28.0. The van der Waals surface area contributed by atoms with Crippen molar-refractivity contribution in [2.45, 2.75) is 133 Å². The van der Waals surface area contributed by atoms with E-state index in [0.29, 0.717) is 11.1 Å². The van der Waals surface area contributed by atoms with Gasteiger partial charge < -0.3 is 42.5 Å². The lowest BCUT2D eigenvalue weighted by molar-refractivity contribution is -0.0660. The predicted molar refractivity (Wildman–Crippen MR) is 337 cm³/mol. The molecule has 480 valence electrons. The van der Waals surface area contributed by atoms with Crippen molar-refractivity contribution in [1.29, 1.82) is 5.26 Å². The van der Waals surface area contributed by atoms with Crippen LogP contribution in [-0.2, 0) is 50.1 Å². The van der Waals surface area contributed by atoms with E-state index in [0.717, 1.165) is 0 Å². The van der Waals surface area contributed by atoms with Gasteiger partial charge in [-0.25, -0.2) is 44.1 Å². The Morgan fingerprint density at radius 3 is 1.52 bits per heavy atom. The number of aromatic nitrogens is 8. The summed E-state index contributed by atoms with van der Waals surface area (Å²) in [6.07, 6.45) is -6.03. The molecule has 4 aromatic heterocycles. The standard InChI is InChI=1S/C63H70N11O15PSi2/c1-38(2)91(39(3)4)82-33-47-51(88-92(89-91,40(5)6)41(7)8)53(61(84-47)74-37-70-49-55(66-35-68-57(49)74)72-59(76)43-24-15-10-16-25-43)87-90(79,80-31-21-30-64)81-32-46-50(85-62(77)44-26-17-11-18-27-44)52(86-63(78)45-28-19-12-20-29-45)60(83-46)73-36-69-48-54(65-34-67-56(48)73)71-58(75)42-22-13-9-14-23-42/h9-20,22-29,34-41,46-47,50-53,60-61H,21,31-33H2,1-8H3,(H,65,67,71,75)(H,66,68,72,76)/t46-,47-,50-,51-,52-,53-,60-,61-,90?/m1/s1. The Bertz CT molecular complexity index is 4000. The minimum absolute atomic E-state index is 0.0372. The molecule has 3 fully saturated rings. The van der Waals surface area contributed by atoms with Crippen molar-refractivity contribution in [2.24, 2.45) is 0 Å². The largest absolute Gasteiger partial charge is 0.475 e. The summed E-state index contributed by atoms with van der Waals surface area (Å²) in [4.78, 5) is 83.0. The number of fused-ring (bicyclic) bond motifs is 3. The van der Waals surface area contributed by atoms with Crippen LogP contribution in [-0.4, -0.2) is 136 Å². The van der Waals surface area contributed by atoms with E-state index in [2.05, 4.69) is 68.2 Å². The molecule has 1 unspecified atom stereocenters. The number of carbonyl (C=O) groups is 4. The van der Waals surface area contributed by atoms with Crippen LogP contribution in [0.25, 0.3) is 22.3 Å². The first-order chi connectivity index (χ1) is 44.3. The number of benzene rings is 4. The van der Waals surface area contributed by atoms with Crippen molar-refractivity contribution < 1.29 is 69.2 Å². The van der Waals surface area contributed by atoms with Gasteiger partial charge in [-0.15, -0.1) is 0 Å². The number of carbonyl (C=O) groups excluding carboxylic acids is 4. The van der Waals surface area contributed by atoms with Crippen molar-refractivity contribution in [2.75, 3.05) is 30.5 Å². The Balaban J connectivity index is 1.000. The van der Waals surface area contributed by atoms with Gasteiger partial charge in [-0.3, -0.25) is 32.3 Å². The number of ether oxygens (including phenoxy) is 4. The number of amides is 2. The van der Waals surface area contributed by atoms with Crippen molar-refractivity contribution in [3.8, 4) is 6.07 Å². The van der Waals surface area contributed by atoms with E-state index >= 15 is 4.57 Å². The summed E-state index contributed by atoms with van der Waals surface area (Å²) in [5, 5.41) is 15.5. The minimum atomic E-state index is -5.13. The molecule has 2 N–H and O–H groups in total. The van der Waals surface area contributed by atoms with Gasteiger partial charge in [0.2, 0.25) is 0 Å². The van der Waals surface area contributed by atoms with Gasteiger partial charge in [0.15, 0.2) is 58.6 Å². The highest BCUT2D eigenvalue weighted by Crippen LogP contribution is 2.57. The SMILES string of the molecule is CC(C)[Si]1(C(C)C)OC[C@H]2O[C@@H](n3cnc4c(NC(=O)c5ccccc5)ncnc43)[C@H](OP(=O)(OCCC#N)OC[C@H]3O[C@@H](n4cnc5c(NC(=O)c6ccccc6)ncnc54)[C@H](OC(=O)c4ccccc4)[C@@H]3OC(=O)c3ccccc3)[C@@H]2O[Si](C(C)C)(C(C)C)O1. The van der Waals surface area contributed by atoms with Crippen LogP contribution in [0.2, 0.25) is 22.2 Å². The molecular weight excluding hydrogens is 1240 g/mol. The summed E-state index contributed by atoms with van der Waals surface area (Å²) in [7, 11) is -11.9. The zero-order valence-corrected chi connectivity index (χ0v) is 54.6. The van der Waals surface area contributed by atoms with E-state index in [1.165, 1.54) is 42.0 Å². The molecule has 0 saturated carbocycles. The number of anilines is 2. The fourth-order valence-corrected chi connectivity index (χ4v) is 24.3. The molecule has 3 aliphatic heterocycles. The zero-order valence-electron chi connectivity index (χ0n) is 51.7. The molecule has 11 rings (SSSR count). The zero-order chi connectivity index (χ0) is 64.9. The quantitative estimate of drug-likeness (QED) is 0.0276. The number of phosphoric ester groups is 1. The summed E-state index contributed by atoms with van der Waals surface area (Å²) in [5.74, 6) is -2.51. The minimum Gasteiger partial charge on any atom is -0.452 e. The first kappa shape index (κ1) is 65.2. The molecule has 29 heteroatoms. The van der Waals surface area contributed by atoms with Gasteiger partial charge in [-0.2, -0.15) is 5.26 Å². The molecule has 0 spiro atoms. The molecule has 9 atom stereocenters. The van der Waals surface area contributed by atoms with Crippen molar-refractivity contribution >= 4 is 82.7 Å². The van der Waals surface area contributed by atoms with Crippen LogP contribution in [0.4, 0.5) is 11.6 Å². The Hall–Kier alpha value is -8.31. The van der Waals surface area contributed by atoms with Gasteiger partial charge in [0.05, 0.1) is 56.1 Å². The molecular formula is C63H70N11O15PSi2. The third kappa shape index (κ3) is 13.3. The molecule has 0 aliphatic carbocycles. The average molecular weight is 1310 g/mol. The van der Waals surface area contributed by atoms with Crippen molar-refractivity contribution in [3.63, 3.8) is 0 Å². The second-order valence-corrected chi connectivity index (χ2v) is 33.9. The Morgan fingerprint density at radius 2 is 1.05 bits per heavy atom. The van der Waals surface area contributed by atoms with Crippen molar-refractivity contribution in [1.82, 2.24) is 39.0 Å². The number of hydrogen-bond donors (Lipinski definition) is 2. The van der Waals surface area contributed by atoms with Gasteiger partial charge in [0.25, 0.3) is 11.8 Å². The maximum Gasteiger partial charge on any atom is 0.475 e. The average Bonchev–Trinajstić information content (AvgIpc) is 1.47. The summed E-state index contributed by atoms with van der Waals surface area (Å²) in [6.45, 7) is 15.2. The Labute approximate surface area is 532 Å². The molecule has 3 aliphatic rings. The van der Waals surface area contributed by atoms with Crippen LogP contribution in [0, 0.1) is 11.3 Å². The molecule has 92 heavy (non-hydrogen) atoms. The smallest absolute Gasteiger partial charge is 0.452 e. The summed E-state index contributed by atoms with van der Waals surface area (Å²) >= 11 is 0. The van der Waals surface area contributed by atoms with Gasteiger partial charge in [0.1, 0.15) is 37.1 Å². The summed E-state index contributed by atoms with van der Waals surface area (Å²) in [5.41, 5.74) is 1.04. The van der Waals surface area contributed by atoms with Crippen LogP contribution in [0.5, 0.6) is 0 Å². The van der Waals surface area contributed by atoms with E-state index in [4.69, 9.17) is 45.5 Å². The summed E-state index contributed by atoms with van der Waals surface area (Å²) in [6, 6.07) is 35.2.